The van der Waals surface area contributed by atoms with Gasteiger partial charge in [0.25, 0.3) is 0 Å². The minimum absolute atomic E-state index is 0.248. The highest BCUT2D eigenvalue weighted by molar-refractivity contribution is 7.81. The first-order chi connectivity index (χ1) is 7.72. The van der Waals surface area contributed by atoms with Crippen LogP contribution in [0.2, 0.25) is 0 Å². The van der Waals surface area contributed by atoms with Gasteiger partial charge in [0.1, 0.15) is 0 Å². The summed E-state index contributed by atoms with van der Waals surface area (Å²) in [5, 5.41) is 0. The van der Waals surface area contributed by atoms with Crippen LogP contribution in [-0.4, -0.2) is 29.9 Å². The molecule has 4 nitrogen and oxygen atoms in total. The van der Waals surface area contributed by atoms with E-state index in [1.54, 1.807) is 24.3 Å². The Labute approximate surface area is 105 Å². The zero-order chi connectivity index (χ0) is 12.0. The zero-order valence-corrected chi connectivity index (χ0v) is 10.6. The molecule has 0 N–H and O–H groups in total. The number of amides is 1. The maximum Gasteiger partial charge on any atom is 0.416 e. The Hall–Kier alpha value is -1.01. The summed E-state index contributed by atoms with van der Waals surface area (Å²) >= 11 is 7.99. The van der Waals surface area contributed by atoms with Crippen LogP contribution in [0.4, 0.5) is 4.79 Å². The molecule has 0 saturated carbocycles. The van der Waals surface area contributed by atoms with Gasteiger partial charge in [-0.15, -0.1) is 0 Å². The van der Waals surface area contributed by atoms with E-state index in [4.69, 9.17) is 9.47 Å². The molecule has 1 aromatic rings. The van der Waals surface area contributed by atoms with Gasteiger partial charge in [-0.2, -0.15) is 25.3 Å². The Morgan fingerprint density at radius 3 is 2.31 bits per heavy atom. The molecule has 16 heavy (non-hydrogen) atoms. The van der Waals surface area contributed by atoms with Gasteiger partial charge < -0.3 is 9.47 Å². The predicted octanol–water partition coefficient (Wildman–Crippen LogP) is 2.27. The van der Waals surface area contributed by atoms with Gasteiger partial charge in [0, 0.05) is 0 Å². The lowest BCUT2D eigenvalue weighted by Gasteiger charge is -2.17. The second-order valence-corrected chi connectivity index (χ2v) is 3.41. The second-order valence-electron chi connectivity index (χ2n) is 2.84. The number of carbonyl (C=O) groups excluding carboxylic acids is 1. The SMILES string of the molecule is COc1ccccc1OC(=O)N(CS)CS. The smallest absolute Gasteiger partial charge is 0.416 e. The number of rotatable bonds is 4. The normalized spacial score (nSPS) is 9.69. The fraction of sp³-hybridized carbons (Fsp3) is 0.300. The van der Waals surface area contributed by atoms with Crippen molar-refractivity contribution in [3.63, 3.8) is 0 Å². The molecule has 1 aromatic carbocycles. The molecular weight excluding hydrogens is 246 g/mol. The van der Waals surface area contributed by atoms with Crippen LogP contribution in [0.1, 0.15) is 0 Å². The molecule has 0 radical (unpaired) electrons. The number of methoxy groups -OCH3 is 1. The van der Waals surface area contributed by atoms with Crippen LogP contribution in [0, 0.1) is 0 Å². The number of carbonyl (C=O) groups is 1. The van der Waals surface area contributed by atoms with Gasteiger partial charge >= 0.3 is 6.09 Å². The number of hydrogen-bond acceptors (Lipinski definition) is 5. The molecule has 0 atom stereocenters. The Morgan fingerprint density at radius 1 is 1.25 bits per heavy atom. The van der Waals surface area contributed by atoms with Gasteiger partial charge in [0.15, 0.2) is 11.5 Å². The first-order valence-electron chi connectivity index (χ1n) is 4.54. The minimum Gasteiger partial charge on any atom is -0.493 e. The Kier molecular flexibility index (Phi) is 5.34. The third-order valence-electron chi connectivity index (χ3n) is 1.87. The molecule has 0 aliphatic heterocycles. The Bertz CT molecular complexity index is 356. The number of thiol groups is 2. The van der Waals surface area contributed by atoms with E-state index in [1.165, 1.54) is 12.0 Å². The molecule has 88 valence electrons. The predicted molar refractivity (Wildman–Crippen MR) is 68.6 cm³/mol. The van der Waals surface area contributed by atoms with Crippen molar-refractivity contribution in [1.82, 2.24) is 4.90 Å². The molecule has 1 rings (SSSR count). The molecule has 0 aromatic heterocycles. The van der Waals surface area contributed by atoms with Crippen molar-refractivity contribution in [3.8, 4) is 11.5 Å². The lowest BCUT2D eigenvalue weighted by atomic mass is 10.3. The van der Waals surface area contributed by atoms with Crippen LogP contribution in [0.5, 0.6) is 11.5 Å². The molecule has 0 unspecified atom stereocenters. The number of hydrogen-bond donors (Lipinski definition) is 2. The number of ether oxygens (including phenoxy) is 2. The van der Waals surface area contributed by atoms with Crippen LogP contribution in [-0.2, 0) is 0 Å². The van der Waals surface area contributed by atoms with Crippen LogP contribution in [0.15, 0.2) is 24.3 Å². The van der Waals surface area contributed by atoms with E-state index in [-0.39, 0.29) is 11.8 Å². The summed E-state index contributed by atoms with van der Waals surface area (Å²) in [6.07, 6.45) is -0.505. The summed E-state index contributed by atoms with van der Waals surface area (Å²) < 4.78 is 10.2. The summed E-state index contributed by atoms with van der Waals surface area (Å²) in [4.78, 5) is 12.9. The van der Waals surface area contributed by atoms with Crippen LogP contribution >= 0.6 is 25.3 Å². The summed E-state index contributed by atoms with van der Waals surface area (Å²) in [5.41, 5.74) is 0. The Morgan fingerprint density at radius 2 is 1.81 bits per heavy atom. The lowest BCUT2D eigenvalue weighted by Crippen LogP contribution is -2.31. The average Bonchev–Trinajstić information content (AvgIpc) is 2.31. The molecule has 0 heterocycles. The zero-order valence-electron chi connectivity index (χ0n) is 8.79. The van der Waals surface area contributed by atoms with Crippen molar-refractivity contribution < 1.29 is 14.3 Å². The molecule has 0 spiro atoms. The molecule has 0 aliphatic carbocycles. The highest BCUT2D eigenvalue weighted by Crippen LogP contribution is 2.26. The molecule has 0 saturated heterocycles. The van der Waals surface area contributed by atoms with E-state index in [0.717, 1.165) is 0 Å². The Balaban J connectivity index is 2.76. The van der Waals surface area contributed by atoms with Crippen LogP contribution in [0.3, 0.4) is 0 Å². The highest BCUT2D eigenvalue weighted by Gasteiger charge is 2.14. The maximum absolute atomic E-state index is 11.6. The largest absolute Gasteiger partial charge is 0.493 e. The van der Waals surface area contributed by atoms with Gasteiger partial charge in [-0.05, 0) is 12.1 Å². The second kappa shape index (κ2) is 6.55. The van der Waals surface area contributed by atoms with Crippen molar-refractivity contribution in [2.24, 2.45) is 0 Å². The lowest BCUT2D eigenvalue weighted by molar-refractivity contribution is 0.166. The average molecular weight is 259 g/mol. The highest BCUT2D eigenvalue weighted by atomic mass is 32.1. The third-order valence-corrected chi connectivity index (χ3v) is 2.55. The summed E-state index contributed by atoms with van der Waals surface area (Å²) in [6, 6.07) is 6.93. The molecule has 1 amide bonds. The standard InChI is InChI=1S/C10H13NO3S2/c1-13-8-4-2-3-5-9(8)14-10(12)11(6-15)7-16/h2-5,15-16H,6-7H2,1H3. The molecular formula is C10H13NO3S2. The van der Waals surface area contributed by atoms with Crippen molar-refractivity contribution in [1.29, 1.82) is 0 Å². The van der Waals surface area contributed by atoms with E-state index in [1.807, 2.05) is 0 Å². The van der Waals surface area contributed by atoms with Crippen LogP contribution < -0.4 is 9.47 Å². The van der Waals surface area contributed by atoms with Gasteiger partial charge in [-0.25, -0.2) is 4.79 Å². The topological polar surface area (TPSA) is 38.8 Å². The van der Waals surface area contributed by atoms with Gasteiger partial charge in [-0.1, -0.05) is 12.1 Å². The van der Waals surface area contributed by atoms with Gasteiger partial charge in [-0.3, -0.25) is 4.90 Å². The first-order valence-corrected chi connectivity index (χ1v) is 5.81. The molecule has 0 bridgehead atoms. The molecule has 0 fully saturated rings. The van der Waals surface area contributed by atoms with Crippen molar-refractivity contribution in [2.45, 2.75) is 0 Å². The number of nitrogens with zero attached hydrogens (tertiary/aromatic N) is 1. The monoisotopic (exact) mass is 259 g/mol. The third kappa shape index (κ3) is 3.24. The van der Waals surface area contributed by atoms with Gasteiger partial charge in [0.2, 0.25) is 0 Å². The summed E-state index contributed by atoms with van der Waals surface area (Å²) in [5.74, 6) is 1.38. The molecule has 0 aliphatic rings. The summed E-state index contributed by atoms with van der Waals surface area (Å²) in [7, 11) is 1.52. The van der Waals surface area contributed by atoms with E-state index < -0.39 is 6.09 Å². The fourth-order valence-corrected chi connectivity index (χ4v) is 1.61. The van der Waals surface area contributed by atoms with Crippen molar-refractivity contribution in [3.05, 3.63) is 24.3 Å². The number of para-hydroxylation sites is 2. The van der Waals surface area contributed by atoms with E-state index in [9.17, 15) is 4.79 Å². The van der Waals surface area contributed by atoms with E-state index in [0.29, 0.717) is 11.5 Å². The quantitative estimate of drug-likeness (QED) is 0.643. The van der Waals surface area contributed by atoms with Crippen molar-refractivity contribution in [2.75, 3.05) is 18.9 Å². The first kappa shape index (κ1) is 13.1. The maximum atomic E-state index is 11.6. The number of benzene rings is 1. The van der Waals surface area contributed by atoms with E-state index >= 15 is 0 Å². The van der Waals surface area contributed by atoms with Crippen LogP contribution in [0.25, 0.3) is 0 Å². The van der Waals surface area contributed by atoms with E-state index in [2.05, 4.69) is 25.3 Å². The minimum atomic E-state index is -0.505. The molecule has 6 heteroatoms. The summed E-state index contributed by atoms with van der Waals surface area (Å²) in [6.45, 7) is 0. The van der Waals surface area contributed by atoms with Crippen molar-refractivity contribution >= 4 is 31.4 Å². The fourth-order valence-electron chi connectivity index (χ4n) is 1.02. The van der Waals surface area contributed by atoms with Gasteiger partial charge in [0.05, 0.1) is 18.9 Å².